The molecule has 0 fully saturated rings. The molecule has 0 aliphatic carbocycles. The number of hydrogen-bond donors (Lipinski definition) is 2. The van der Waals surface area contributed by atoms with Crippen molar-refractivity contribution in [1.82, 2.24) is 5.32 Å². The number of carbonyl (C=O) groups excluding carboxylic acids is 2. The maximum Gasteiger partial charge on any atom is 0.472 e. The Bertz CT molecular complexity index is 1470. The van der Waals surface area contributed by atoms with E-state index in [2.05, 4.69) is 32.2 Å². The van der Waals surface area contributed by atoms with E-state index < -0.39 is 20.0 Å². The Morgan fingerprint density at radius 2 is 0.663 bits per heavy atom. The van der Waals surface area contributed by atoms with Crippen LogP contribution in [0.2, 0.25) is 0 Å². The minimum absolute atomic E-state index is 0.0462. The van der Waals surface area contributed by atoms with E-state index in [1.54, 1.807) is 0 Å². The van der Waals surface area contributed by atoms with E-state index in [-0.39, 0.29) is 25.1 Å². The number of phosphoric ester groups is 1. The van der Waals surface area contributed by atoms with E-state index in [4.69, 9.17) is 13.8 Å². The van der Waals surface area contributed by atoms with Crippen LogP contribution in [-0.2, 0) is 27.9 Å². The first kappa shape index (κ1) is 84.8. The van der Waals surface area contributed by atoms with Gasteiger partial charge >= 0.3 is 13.8 Å². The number of amides is 1. The summed E-state index contributed by atoms with van der Waals surface area (Å²) in [6.45, 7) is 7.11. The first-order valence-electron chi connectivity index (χ1n) is 38.5. The van der Waals surface area contributed by atoms with Crippen LogP contribution in [0.4, 0.5) is 0 Å². The molecule has 1 amide bonds. The van der Waals surface area contributed by atoms with E-state index in [9.17, 15) is 19.0 Å². The molecule has 0 saturated carbocycles. The minimum atomic E-state index is -4.45. The molecule has 0 bridgehead atoms. The van der Waals surface area contributed by atoms with Crippen LogP contribution in [-0.4, -0.2) is 74.3 Å². The molecule has 3 atom stereocenters. The zero-order valence-corrected chi connectivity index (χ0v) is 59.7. The van der Waals surface area contributed by atoms with Crippen LogP contribution in [0.15, 0.2) is 12.2 Å². The molecule has 0 aromatic carbocycles. The summed E-state index contributed by atoms with van der Waals surface area (Å²) in [5.74, 6) is -0.474. The normalized spacial score (nSPS) is 13.4. The molecule has 0 radical (unpaired) electrons. The monoisotopic (exact) mass is 1240 g/mol. The molecule has 2 N–H and O–H groups in total. The second kappa shape index (κ2) is 66.7. The predicted octanol–water partition coefficient (Wildman–Crippen LogP) is 24.6. The average Bonchev–Trinajstić information content (AvgIpc) is 3.66. The molecule has 0 saturated heterocycles. The number of likely N-dealkylation sites (N-methyl/N-ethyl adjacent to an activating group) is 1. The molecular formula is C76H152N2O7P+. The summed E-state index contributed by atoms with van der Waals surface area (Å²) in [7, 11) is 1.53. The van der Waals surface area contributed by atoms with Gasteiger partial charge in [0.05, 0.1) is 33.8 Å². The summed E-state index contributed by atoms with van der Waals surface area (Å²) in [5, 5.41) is 3.09. The van der Waals surface area contributed by atoms with Crippen molar-refractivity contribution >= 4 is 19.7 Å². The second-order valence-electron chi connectivity index (χ2n) is 27.9. The van der Waals surface area contributed by atoms with Crippen LogP contribution in [0.25, 0.3) is 0 Å². The van der Waals surface area contributed by atoms with Gasteiger partial charge in [0.15, 0.2) is 0 Å². The predicted molar refractivity (Wildman–Crippen MR) is 374 cm³/mol. The summed E-state index contributed by atoms with van der Waals surface area (Å²) >= 11 is 0. The van der Waals surface area contributed by atoms with Gasteiger partial charge in [0.2, 0.25) is 5.91 Å². The fourth-order valence-electron chi connectivity index (χ4n) is 12.1. The molecule has 9 nitrogen and oxygen atoms in total. The summed E-state index contributed by atoms with van der Waals surface area (Å²) in [5.41, 5.74) is 0. The number of unbranched alkanes of at least 4 members (excludes halogenated alkanes) is 56. The third kappa shape index (κ3) is 67.2. The van der Waals surface area contributed by atoms with Crippen LogP contribution in [0.1, 0.15) is 412 Å². The Hall–Kier alpha value is -1.25. The Morgan fingerprint density at radius 3 is 0.953 bits per heavy atom. The summed E-state index contributed by atoms with van der Waals surface area (Å²) in [6.07, 6.45) is 81.0. The molecule has 0 rings (SSSR count). The summed E-state index contributed by atoms with van der Waals surface area (Å²) in [4.78, 5) is 38.0. The van der Waals surface area contributed by atoms with E-state index in [0.717, 1.165) is 57.8 Å². The van der Waals surface area contributed by atoms with Gasteiger partial charge in [0, 0.05) is 12.8 Å². The highest BCUT2D eigenvalue weighted by Crippen LogP contribution is 2.43. The molecule has 0 heterocycles. The van der Waals surface area contributed by atoms with Crippen LogP contribution in [0.3, 0.4) is 0 Å². The van der Waals surface area contributed by atoms with Gasteiger partial charge in [-0.05, 0) is 31.8 Å². The minimum Gasteiger partial charge on any atom is -0.456 e. The first-order valence-corrected chi connectivity index (χ1v) is 40.0. The number of ether oxygens (including phenoxy) is 1. The largest absolute Gasteiger partial charge is 0.472 e. The van der Waals surface area contributed by atoms with Gasteiger partial charge < -0.3 is 19.4 Å². The van der Waals surface area contributed by atoms with Crippen LogP contribution in [0.5, 0.6) is 0 Å². The van der Waals surface area contributed by atoms with Gasteiger partial charge in [-0.1, -0.05) is 380 Å². The quantitative estimate of drug-likeness (QED) is 0.0205. The highest BCUT2D eigenvalue weighted by atomic mass is 31.2. The van der Waals surface area contributed by atoms with Crippen molar-refractivity contribution in [3.8, 4) is 0 Å². The number of phosphoric acid groups is 1. The Kier molecular flexibility index (Phi) is 65.7. The third-order valence-corrected chi connectivity index (χ3v) is 19.0. The first-order chi connectivity index (χ1) is 41.9. The van der Waals surface area contributed by atoms with Crippen molar-refractivity contribution in [3.63, 3.8) is 0 Å². The standard InChI is InChI=1S/C76H151N2O7P/c1-7-10-13-16-19-22-25-28-30-32-34-36-37-38-39-40-41-43-44-46-48-50-53-56-59-62-65-68-75(79)77-73(72-84-86(81,82)83-71-70-78(4,5)6)74(67-64-61-58-55-52-27-24-21-18-15-12-9-3)85-76(80)69-66-63-60-57-54-51-49-47-45-42-35-33-31-29-26-23-20-17-14-11-8-2/h64,67,73-74H,7-63,65-66,68-72H2,1-6H3,(H-,77,79,81,82)/p+1/b67-64+. The number of nitrogens with zero attached hydrogens (tertiary/aromatic N) is 1. The number of quaternary nitrogens is 1. The summed E-state index contributed by atoms with van der Waals surface area (Å²) in [6, 6.07) is -0.841. The highest BCUT2D eigenvalue weighted by Gasteiger charge is 2.30. The van der Waals surface area contributed by atoms with Gasteiger partial charge in [-0.3, -0.25) is 18.6 Å². The molecule has 3 unspecified atom stereocenters. The molecule has 0 aromatic rings. The molecule has 0 spiro atoms. The Morgan fingerprint density at radius 1 is 0.395 bits per heavy atom. The van der Waals surface area contributed by atoms with Crippen molar-refractivity contribution < 1.29 is 37.3 Å². The molecule has 0 aliphatic heterocycles. The van der Waals surface area contributed by atoms with E-state index in [1.807, 2.05) is 27.2 Å². The lowest BCUT2D eigenvalue weighted by atomic mass is 10.0. The molecule has 10 heteroatoms. The van der Waals surface area contributed by atoms with E-state index >= 15 is 0 Å². The number of hydrogen-bond acceptors (Lipinski definition) is 6. The van der Waals surface area contributed by atoms with Crippen molar-refractivity contribution in [3.05, 3.63) is 12.2 Å². The average molecular weight is 1240 g/mol. The third-order valence-electron chi connectivity index (χ3n) is 18.0. The van der Waals surface area contributed by atoms with Crippen LogP contribution in [0, 0.1) is 0 Å². The fraction of sp³-hybridized carbons (Fsp3) is 0.947. The van der Waals surface area contributed by atoms with Gasteiger partial charge in [0.1, 0.15) is 19.3 Å². The zero-order valence-electron chi connectivity index (χ0n) is 58.9. The number of allylic oxidation sites excluding steroid dienone is 1. The smallest absolute Gasteiger partial charge is 0.456 e. The van der Waals surface area contributed by atoms with Crippen LogP contribution < -0.4 is 5.32 Å². The van der Waals surface area contributed by atoms with Crippen molar-refractivity contribution in [2.45, 2.75) is 425 Å². The lowest BCUT2D eigenvalue weighted by molar-refractivity contribution is -0.870. The molecule has 0 aromatic heterocycles. The second-order valence-corrected chi connectivity index (χ2v) is 29.4. The molecule has 86 heavy (non-hydrogen) atoms. The molecule has 0 aliphatic rings. The lowest BCUT2D eigenvalue weighted by Crippen LogP contribution is -2.47. The lowest BCUT2D eigenvalue weighted by Gasteiger charge is -2.27. The number of rotatable bonds is 72. The van der Waals surface area contributed by atoms with E-state index in [0.29, 0.717) is 23.9 Å². The van der Waals surface area contributed by atoms with Gasteiger partial charge in [-0.25, -0.2) is 4.57 Å². The SMILES string of the molecule is CCCCCCCCCCCC/C=C/C(OC(=O)CCCCCCCCCCCCCCCCCCCCCCC)C(COP(=O)(O)OCC[N+](C)(C)C)NC(=O)CCCCCCCCCCCCCCCCCCCCCCCCCCCCC. The summed E-state index contributed by atoms with van der Waals surface area (Å²) < 4.78 is 30.9. The maximum atomic E-state index is 13.6. The fourth-order valence-corrected chi connectivity index (χ4v) is 12.8. The Balaban J connectivity index is 4.90. The van der Waals surface area contributed by atoms with Gasteiger partial charge in [0.25, 0.3) is 0 Å². The Labute approximate surface area is 537 Å². The maximum absolute atomic E-state index is 13.6. The molecule has 512 valence electrons. The topological polar surface area (TPSA) is 111 Å². The van der Waals surface area contributed by atoms with Gasteiger partial charge in [-0.2, -0.15) is 0 Å². The van der Waals surface area contributed by atoms with Gasteiger partial charge in [-0.15, -0.1) is 0 Å². The van der Waals surface area contributed by atoms with Crippen molar-refractivity contribution in [1.29, 1.82) is 0 Å². The van der Waals surface area contributed by atoms with Crippen molar-refractivity contribution in [2.24, 2.45) is 0 Å². The van der Waals surface area contributed by atoms with E-state index in [1.165, 1.54) is 321 Å². The number of carbonyl (C=O) groups is 2. The van der Waals surface area contributed by atoms with Crippen molar-refractivity contribution in [2.75, 3.05) is 40.9 Å². The highest BCUT2D eigenvalue weighted by molar-refractivity contribution is 7.47. The molecular weight excluding hydrogens is 1080 g/mol. The van der Waals surface area contributed by atoms with Crippen LogP contribution >= 0.6 is 7.82 Å². The zero-order chi connectivity index (χ0) is 62.8. The number of esters is 1. The number of nitrogens with one attached hydrogen (secondary N) is 1.